The predicted molar refractivity (Wildman–Crippen MR) is 127 cm³/mol. The van der Waals surface area contributed by atoms with Crippen LogP contribution in [0.5, 0.6) is 0 Å². The molecule has 0 aromatic carbocycles. The number of amides is 3. The fourth-order valence-corrected chi connectivity index (χ4v) is 5.54. The van der Waals surface area contributed by atoms with Crippen LogP contribution in [0.1, 0.15) is 67.3 Å². The molecule has 10 nitrogen and oxygen atoms in total. The maximum atomic E-state index is 13.4. The third kappa shape index (κ3) is 4.42. The molecule has 1 spiro atoms. The number of hydrogen-bond donors (Lipinski definition) is 3. The van der Waals surface area contributed by atoms with Gasteiger partial charge in [0, 0.05) is 31.0 Å². The van der Waals surface area contributed by atoms with Crippen molar-refractivity contribution in [2.75, 3.05) is 23.8 Å². The molecular formula is C25H31N5O5. The second-order valence-corrected chi connectivity index (χ2v) is 9.99. The van der Waals surface area contributed by atoms with Crippen molar-refractivity contribution in [3.8, 4) is 0 Å². The highest BCUT2D eigenvalue weighted by Crippen LogP contribution is 2.44. The Kier molecular flexibility index (Phi) is 6.31. The molecule has 2 aromatic rings. The average Bonchev–Trinajstić information content (AvgIpc) is 3.39. The van der Waals surface area contributed by atoms with Crippen molar-refractivity contribution in [3.63, 3.8) is 0 Å². The highest BCUT2D eigenvalue weighted by atomic mass is 16.5. The van der Waals surface area contributed by atoms with E-state index in [1.807, 2.05) is 0 Å². The molecule has 1 atom stereocenters. The van der Waals surface area contributed by atoms with Crippen LogP contribution in [-0.4, -0.2) is 46.9 Å². The smallest absolute Gasteiger partial charge is 0.289 e. The first kappa shape index (κ1) is 23.5. The van der Waals surface area contributed by atoms with Gasteiger partial charge in [-0.3, -0.25) is 14.4 Å². The van der Waals surface area contributed by atoms with E-state index in [0.29, 0.717) is 49.2 Å². The van der Waals surface area contributed by atoms with E-state index in [4.69, 9.17) is 9.15 Å². The number of carbonyl (C=O) groups is 3. The van der Waals surface area contributed by atoms with Gasteiger partial charge in [0.15, 0.2) is 6.39 Å². The maximum absolute atomic E-state index is 13.4. The molecule has 0 bridgehead atoms. The molecule has 2 aliphatic heterocycles. The summed E-state index contributed by atoms with van der Waals surface area (Å²) in [5, 5.41) is 8.69. The highest BCUT2D eigenvalue weighted by molar-refractivity contribution is 6.07. The SMILES string of the molecule is Cc1ncoc1C(=O)N[C@H](C(=O)Nc1cc2c(cn1)C1(CCOCC1)C(=O)N2)C1CCC(C)CC1. The molecule has 3 amide bonds. The molecule has 4 heterocycles. The van der Waals surface area contributed by atoms with E-state index < -0.39 is 17.4 Å². The number of aryl methyl sites for hydroxylation is 1. The molecule has 2 fully saturated rings. The van der Waals surface area contributed by atoms with Crippen molar-refractivity contribution in [1.29, 1.82) is 0 Å². The Balaban J connectivity index is 1.35. The van der Waals surface area contributed by atoms with Crippen LogP contribution in [0.3, 0.4) is 0 Å². The number of ether oxygens (including phenoxy) is 1. The number of rotatable bonds is 5. The Labute approximate surface area is 203 Å². The van der Waals surface area contributed by atoms with Gasteiger partial charge in [-0.2, -0.15) is 0 Å². The summed E-state index contributed by atoms with van der Waals surface area (Å²) < 4.78 is 10.7. The van der Waals surface area contributed by atoms with Gasteiger partial charge in [-0.25, -0.2) is 9.97 Å². The van der Waals surface area contributed by atoms with Crippen LogP contribution in [0.15, 0.2) is 23.1 Å². The van der Waals surface area contributed by atoms with Gasteiger partial charge in [0.1, 0.15) is 11.9 Å². The summed E-state index contributed by atoms with van der Waals surface area (Å²) in [7, 11) is 0. The number of oxazole rings is 1. The first-order chi connectivity index (χ1) is 16.9. The van der Waals surface area contributed by atoms with Crippen LogP contribution in [0.4, 0.5) is 11.5 Å². The van der Waals surface area contributed by atoms with Crippen molar-refractivity contribution >= 4 is 29.2 Å². The predicted octanol–water partition coefficient (Wildman–Crippen LogP) is 2.94. The molecule has 1 saturated heterocycles. The number of pyridine rings is 1. The average molecular weight is 482 g/mol. The fourth-order valence-electron chi connectivity index (χ4n) is 5.54. The summed E-state index contributed by atoms with van der Waals surface area (Å²) in [6.45, 7) is 4.94. The van der Waals surface area contributed by atoms with Crippen LogP contribution in [-0.2, 0) is 19.7 Å². The number of nitrogens with one attached hydrogen (secondary N) is 3. The second-order valence-electron chi connectivity index (χ2n) is 9.99. The summed E-state index contributed by atoms with van der Waals surface area (Å²) >= 11 is 0. The Morgan fingerprint density at radius 1 is 1.17 bits per heavy atom. The molecule has 1 aliphatic carbocycles. The van der Waals surface area contributed by atoms with E-state index in [0.717, 1.165) is 31.2 Å². The largest absolute Gasteiger partial charge is 0.438 e. The number of aromatic nitrogens is 2. The van der Waals surface area contributed by atoms with Gasteiger partial charge < -0.3 is 25.1 Å². The lowest BCUT2D eigenvalue weighted by Crippen LogP contribution is -2.49. The van der Waals surface area contributed by atoms with Crippen molar-refractivity contribution in [3.05, 3.63) is 35.7 Å². The number of hydrogen-bond acceptors (Lipinski definition) is 7. The quantitative estimate of drug-likeness (QED) is 0.597. The fraction of sp³-hybridized carbons (Fsp3) is 0.560. The van der Waals surface area contributed by atoms with Gasteiger partial charge in [0.05, 0.1) is 16.8 Å². The molecule has 10 heteroatoms. The normalized spacial score (nSPS) is 23.9. The van der Waals surface area contributed by atoms with Crippen LogP contribution >= 0.6 is 0 Å². The van der Waals surface area contributed by atoms with E-state index in [-0.39, 0.29) is 23.5 Å². The van der Waals surface area contributed by atoms with Crippen molar-refractivity contribution in [1.82, 2.24) is 15.3 Å². The van der Waals surface area contributed by atoms with E-state index in [2.05, 4.69) is 32.8 Å². The second kappa shape index (κ2) is 9.41. The molecule has 3 N–H and O–H groups in total. The van der Waals surface area contributed by atoms with Crippen LogP contribution < -0.4 is 16.0 Å². The molecule has 5 rings (SSSR count). The van der Waals surface area contributed by atoms with Gasteiger partial charge in [0.2, 0.25) is 17.6 Å². The van der Waals surface area contributed by atoms with Crippen molar-refractivity contribution in [2.45, 2.75) is 63.8 Å². The number of fused-ring (bicyclic) bond motifs is 2. The molecule has 0 radical (unpaired) electrons. The van der Waals surface area contributed by atoms with Crippen LogP contribution in [0.2, 0.25) is 0 Å². The first-order valence-corrected chi connectivity index (χ1v) is 12.3. The lowest BCUT2D eigenvalue weighted by molar-refractivity contribution is -0.124. The third-order valence-electron chi connectivity index (χ3n) is 7.75. The Hall–Kier alpha value is -3.27. The monoisotopic (exact) mass is 481 g/mol. The summed E-state index contributed by atoms with van der Waals surface area (Å²) in [5.74, 6) is 0.177. The van der Waals surface area contributed by atoms with Gasteiger partial charge in [-0.1, -0.05) is 19.8 Å². The standard InChI is InChI=1S/C25H31N5O5/c1-14-3-5-16(6-4-14)20(30-23(32)21-15(2)27-13-35-21)22(31)29-19-11-18-17(12-26-19)25(24(33)28-18)7-9-34-10-8-25/h11-14,16,20H,3-10H2,1-2H3,(H,28,33)(H,30,32)(H,26,29,31)/t14?,16?,20-/m0/s1. The van der Waals surface area contributed by atoms with Crippen LogP contribution in [0.25, 0.3) is 0 Å². The highest BCUT2D eigenvalue weighted by Gasteiger charge is 2.48. The summed E-state index contributed by atoms with van der Waals surface area (Å²) in [4.78, 5) is 47.5. The van der Waals surface area contributed by atoms with Crippen molar-refractivity contribution < 1.29 is 23.5 Å². The summed E-state index contributed by atoms with van der Waals surface area (Å²) in [5.41, 5.74) is 1.35. The number of nitrogens with zero attached hydrogens (tertiary/aromatic N) is 2. The minimum absolute atomic E-state index is 0.00184. The Morgan fingerprint density at radius 3 is 2.60 bits per heavy atom. The van der Waals surface area contributed by atoms with Gasteiger partial charge >= 0.3 is 0 Å². The van der Waals surface area contributed by atoms with E-state index in [1.54, 1.807) is 19.2 Å². The molecular weight excluding hydrogens is 450 g/mol. The zero-order valence-corrected chi connectivity index (χ0v) is 20.1. The minimum Gasteiger partial charge on any atom is -0.438 e. The summed E-state index contributed by atoms with van der Waals surface area (Å²) in [6, 6.07) is 0.948. The van der Waals surface area contributed by atoms with Gasteiger partial charge in [-0.05, 0) is 44.4 Å². The first-order valence-electron chi connectivity index (χ1n) is 12.3. The molecule has 2 aromatic heterocycles. The Morgan fingerprint density at radius 2 is 1.91 bits per heavy atom. The van der Waals surface area contributed by atoms with E-state index in [1.165, 1.54) is 6.39 Å². The minimum atomic E-state index is -0.744. The molecule has 3 aliphatic rings. The number of carbonyl (C=O) groups excluding carboxylic acids is 3. The maximum Gasteiger partial charge on any atom is 0.289 e. The molecule has 0 unspecified atom stereocenters. The van der Waals surface area contributed by atoms with Gasteiger partial charge in [-0.15, -0.1) is 0 Å². The lowest BCUT2D eigenvalue weighted by atomic mass is 9.76. The number of anilines is 2. The third-order valence-corrected chi connectivity index (χ3v) is 7.75. The molecule has 1 saturated carbocycles. The Bertz CT molecular complexity index is 1130. The zero-order valence-electron chi connectivity index (χ0n) is 20.1. The van der Waals surface area contributed by atoms with E-state index >= 15 is 0 Å². The zero-order chi connectivity index (χ0) is 24.6. The molecule has 35 heavy (non-hydrogen) atoms. The molecule has 186 valence electrons. The van der Waals surface area contributed by atoms with Gasteiger partial charge in [0.25, 0.3) is 5.91 Å². The van der Waals surface area contributed by atoms with Crippen molar-refractivity contribution in [2.24, 2.45) is 11.8 Å². The van der Waals surface area contributed by atoms with E-state index in [9.17, 15) is 14.4 Å². The van der Waals surface area contributed by atoms with Crippen LogP contribution in [0, 0.1) is 18.8 Å². The topological polar surface area (TPSA) is 135 Å². The lowest BCUT2D eigenvalue weighted by Gasteiger charge is -2.32. The summed E-state index contributed by atoms with van der Waals surface area (Å²) in [6.07, 6.45) is 7.78.